The fourth-order valence-electron chi connectivity index (χ4n) is 2.13. The van der Waals surface area contributed by atoms with E-state index in [9.17, 15) is 4.39 Å². The second-order valence-electron chi connectivity index (χ2n) is 4.37. The van der Waals surface area contributed by atoms with Crippen molar-refractivity contribution in [3.05, 3.63) is 69.6 Å². The van der Waals surface area contributed by atoms with Gasteiger partial charge in [0.25, 0.3) is 0 Å². The number of hydrogen-bond acceptors (Lipinski definition) is 1. The summed E-state index contributed by atoms with van der Waals surface area (Å²) in [5, 5.41) is 1.25. The SMILES string of the molecule is Fc1ccc2c(c1)C=C(Cl)N(c1ccc(Cl)cc1)C2. The Morgan fingerprint density at radius 3 is 2.47 bits per heavy atom. The van der Waals surface area contributed by atoms with E-state index in [1.807, 2.05) is 29.2 Å². The molecule has 0 atom stereocenters. The second-order valence-corrected chi connectivity index (χ2v) is 5.20. The first-order chi connectivity index (χ1) is 9.13. The Morgan fingerprint density at radius 1 is 1.00 bits per heavy atom. The maximum Gasteiger partial charge on any atom is 0.123 e. The molecule has 3 rings (SSSR count). The van der Waals surface area contributed by atoms with Crippen molar-refractivity contribution in [2.75, 3.05) is 4.90 Å². The highest BCUT2D eigenvalue weighted by atomic mass is 35.5. The summed E-state index contributed by atoms with van der Waals surface area (Å²) in [5.41, 5.74) is 2.83. The van der Waals surface area contributed by atoms with Crippen LogP contribution in [0, 0.1) is 5.82 Å². The minimum atomic E-state index is -0.251. The van der Waals surface area contributed by atoms with E-state index in [4.69, 9.17) is 23.2 Å². The largest absolute Gasteiger partial charge is 0.328 e. The highest BCUT2D eigenvalue weighted by Gasteiger charge is 2.18. The first-order valence-electron chi connectivity index (χ1n) is 5.82. The number of anilines is 1. The summed E-state index contributed by atoms with van der Waals surface area (Å²) in [5.74, 6) is -0.251. The van der Waals surface area contributed by atoms with E-state index < -0.39 is 0 Å². The molecule has 0 radical (unpaired) electrons. The maximum absolute atomic E-state index is 13.2. The van der Waals surface area contributed by atoms with Crippen LogP contribution in [0.15, 0.2) is 47.6 Å². The van der Waals surface area contributed by atoms with Crippen molar-refractivity contribution in [2.24, 2.45) is 0 Å². The van der Waals surface area contributed by atoms with Crippen LogP contribution in [0.4, 0.5) is 10.1 Å². The zero-order chi connectivity index (χ0) is 13.4. The lowest BCUT2D eigenvalue weighted by atomic mass is 10.0. The molecule has 0 unspecified atom stereocenters. The van der Waals surface area contributed by atoms with Crippen LogP contribution in [0.3, 0.4) is 0 Å². The molecule has 1 nitrogen and oxygen atoms in total. The molecule has 4 heteroatoms. The molecule has 0 fully saturated rings. The van der Waals surface area contributed by atoms with Gasteiger partial charge in [0.1, 0.15) is 11.0 Å². The van der Waals surface area contributed by atoms with Crippen molar-refractivity contribution in [2.45, 2.75) is 6.54 Å². The van der Waals surface area contributed by atoms with Crippen LogP contribution >= 0.6 is 23.2 Å². The Bertz CT molecular complexity index is 650. The highest BCUT2D eigenvalue weighted by Crippen LogP contribution is 2.32. The van der Waals surface area contributed by atoms with E-state index in [1.165, 1.54) is 12.1 Å². The average molecular weight is 294 g/mol. The van der Waals surface area contributed by atoms with E-state index in [0.29, 0.717) is 16.7 Å². The summed E-state index contributed by atoms with van der Waals surface area (Å²) in [6, 6.07) is 12.2. The molecule has 2 aromatic rings. The summed E-state index contributed by atoms with van der Waals surface area (Å²) < 4.78 is 13.2. The normalized spacial score (nSPS) is 14.1. The fourth-order valence-corrected chi connectivity index (χ4v) is 2.53. The predicted molar refractivity (Wildman–Crippen MR) is 77.9 cm³/mol. The zero-order valence-corrected chi connectivity index (χ0v) is 11.4. The monoisotopic (exact) mass is 293 g/mol. The Morgan fingerprint density at radius 2 is 1.74 bits per heavy atom. The lowest BCUT2D eigenvalue weighted by Gasteiger charge is -2.28. The van der Waals surface area contributed by atoms with Crippen molar-refractivity contribution < 1.29 is 4.39 Å². The van der Waals surface area contributed by atoms with E-state index in [-0.39, 0.29) is 5.82 Å². The second kappa shape index (κ2) is 4.87. The third-order valence-corrected chi connectivity index (χ3v) is 3.67. The van der Waals surface area contributed by atoms with Gasteiger partial charge in [-0.25, -0.2) is 4.39 Å². The van der Waals surface area contributed by atoms with Crippen LogP contribution in [-0.2, 0) is 6.54 Å². The van der Waals surface area contributed by atoms with Crippen molar-refractivity contribution in [1.29, 1.82) is 0 Å². The molecule has 0 saturated heterocycles. The average Bonchev–Trinajstić information content (AvgIpc) is 2.39. The molecule has 0 amide bonds. The van der Waals surface area contributed by atoms with Gasteiger partial charge in [-0.05, 0) is 53.6 Å². The molecule has 0 saturated carbocycles. The number of halogens is 3. The topological polar surface area (TPSA) is 3.24 Å². The van der Waals surface area contributed by atoms with Gasteiger partial charge >= 0.3 is 0 Å². The summed E-state index contributed by atoms with van der Waals surface area (Å²) in [4.78, 5) is 1.96. The molecule has 0 bridgehead atoms. The van der Waals surface area contributed by atoms with Crippen LogP contribution in [-0.4, -0.2) is 0 Å². The standard InChI is InChI=1S/C15H10Cl2FN/c16-12-2-5-14(6-3-12)19-9-10-1-4-13(18)7-11(10)8-15(19)17/h1-8H,9H2. The van der Waals surface area contributed by atoms with Crippen molar-refractivity contribution >= 4 is 35.0 Å². The molecule has 1 heterocycles. The van der Waals surface area contributed by atoms with Gasteiger partial charge in [0.05, 0.1) is 0 Å². The lowest BCUT2D eigenvalue weighted by molar-refractivity contribution is 0.626. The first-order valence-corrected chi connectivity index (χ1v) is 6.58. The number of rotatable bonds is 1. The molecule has 0 spiro atoms. The van der Waals surface area contributed by atoms with Crippen LogP contribution in [0.25, 0.3) is 6.08 Å². The summed E-state index contributed by atoms with van der Waals surface area (Å²) in [6.45, 7) is 0.618. The van der Waals surface area contributed by atoms with Gasteiger partial charge in [-0.1, -0.05) is 29.3 Å². The van der Waals surface area contributed by atoms with E-state index >= 15 is 0 Å². The molecule has 0 N–H and O–H groups in total. The number of fused-ring (bicyclic) bond motifs is 1. The van der Waals surface area contributed by atoms with Crippen LogP contribution in [0.2, 0.25) is 5.02 Å². The Kier molecular flexibility index (Phi) is 3.21. The smallest absolute Gasteiger partial charge is 0.123 e. The molecule has 0 aromatic heterocycles. The van der Waals surface area contributed by atoms with E-state index in [0.717, 1.165) is 16.8 Å². The van der Waals surface area contributed by atoms with Crippen molar-refractivity contribution in [3.8, 4) is 0 Å². The van der Waals surface area contributed by atoms with Crippen LogP contribution < -0.4 is 4.90 Å². The minimum Gasteiger partial charge on any atom is -0.328 e. The molecule has 0 aliphatic carbocycles. The van der Waals surface area contributed by atoms with Crippen molar-refractivity contribution in [1.82, 2.24) is 0 Å². The van der Waals surface area contributed by atoms with Gasteiger partial charge in [0.2, 0.25) is 0 Å². The van der Waals surface area contributed by atoms with Gasteiger partial charge in [-0.3, -0.25) is 0 Å². The lowest BCUT2D eigenvalue weighted by Crippen LogP contribution is -2.22. The summed E-state index contributed by atoms with van der Waals surface area (Å²) in [6.07, 6.45) is 1.78. The number of hydrogen-bond donors (Lipinski definition) is 0. The molecule has 19 heavy (non-hydrogen) atoms. The zero-order valence-electron chi connectivity index (χ0n) is 9.91. The van der Waals surface area contributed by atoms with Gasteiger partial charge < -0.3 is 4.90 Å². The summed E-state index contributed by atoms with van der Waals surface area (Å²) >= 11 is 12.1. The predicted octanol–water partition coefficient (Wildman–Crippen LogP) is 5.04. The Labute approximate surface area is 120 Å². The molecule has 1 aliphatic heterocycles. The van der Waals surface area contributed by atoms with Crippen LogP contribution in [0.5, 0.6) is 0 Å². The van der Waals surface area contributed by atoms with Gasteiger partial charge in [0, 0.05) is 17.3 Å². The van der Waals surface area contributed by atoms with Gasteiger partial charge in [-0.2, -0.15) is 0 Å². The molecule has 1 aliphatic rings. The first kappa shape index (κ1) is 12.5. The molecule has 96 valence electrons. The quantitative estimate of drug-likeness (QED) is 0.666. The van der Waals surface area contributed by atoms with E-state index in [2.05, 4.69) is 0 Å². The number of benzene rings is 2. The Balaban J connectivity index is 1.99. The third kappa shape index (κ3) is 2.46. The maximum atomic E-state index is 13.2. The van der Waals surface area contributed by atoms with Gasteiger partial charge in [-0.15, -0.1) is 0 Å². The highest BCUT2D eigenvalue weighted by molar-refractivity contribution is 6.33. The van der Waals surface area contributed by atoms with Crippen molar-refractivity contribution in [3.63, 3.8) is 0 Å². The summed E-state index contributed by atoms with van der Waals surface area (Å²) in [7, 11) is 0. The number of nitrogens with zero attached hydrogens (tertiary/aromatic N) is 1. The molecule has 2 aromatic carbocycles. The fraction of sp³-hybridized carbons (Fsp3) is 0.0667. The van der Waals surface area contributed by atoms with Crippen LogP contribution in [0.1, 0.15) is 11.1 Å². The minimum absolute atomic E-state index is 0.251. The van der Waals surface area contributed by atoms with E-state index in [1.54, 1.807) is 12.1 Å². The Hall–Kier alpha value is -1.51. The van der Waals surface area contributed by atoms with Gasteiger partial charge in [0.15, 0.2) is 0 Å². The third-order valence-electron chi connectivity index (χ3n) is 3.11. The molecular weight excluding hydrogens is 284 g/mol. The molecular formula is C15H10Cl2FN.